The molecule has 0 atom stereocenters. The van der Waals surface area contributed by atoms with E-state index in [1.165, 1.54) is 36.4 Å². The van der Waals surface area contributed by atoms with Crippen molar-refractivity contribution in [3.8, 4) is 6.07 Å². The van der Waals surface area contributed by atoms with Crippen LogP contribution in [-0.4, -0.2) is 17.7 Å². The lowest BCUT2D eigenvalue weighted by molar-refractivity contribution is 0.0925. The van der Waals surface area contributed by atoms with Gasteiger partial charge in [-0.15, -0.1) is 0 Å². The Bertz CT molecular complexity index is 1210. The van der Waals surface area contributed by atoms with Crippen molar-refractivity contribution in [2.75, 3.05) is 10.2 Å². The van der Waals surface area contributed by atoms with Crippen LogP contribution in [0.25, 0.3) is 0 Å². The summed E-state index contributed by atoms with van der Waals surface area (Å²) in [6.07, 6.45) is 0. The summed E-state index contributed by atoms with van der Waals surface area (Å²) < 4.78 is 13.1. The van der Waals surface area contributed by atoms with E-state index in [1.54, 1.807) is 18.2 Å². The molecule has 0 spiro atoms. The third-order valence-corrected chi connectivity index (χ3v) is 4.48. The monoisotopic (exact) mass is 385 g/mol. The molecule has 7 heteroatoms. The molecule has 0 saturated carbocycles. The van der Waals surface area contributed by atoms with E-state index >= 15 is 0 Å². The molecule has 0 aromatic heterocycles. The largest absolute Gasteiger partial charge is 0.322 e. The van der Waals surface area contributed by atoms with Crippen molar-refractivity contribution in [3.05, 3.63) is 94.8 Å². The van der Waals surface area contributed by atoms with Crippen molar-refractivity contribution in [2.24, 2.45) is 0 Å². The molecule has 6 nitrogen and oxygen atoms in total. The lowest BCUT2D eigenvalue weighted by Crippen LogP contribution is -2.29. The van der Waals surface area contributed by atoms with Gasteiger partial charge in [0.05, 0.1) is 28.4 Å². The SMILES string of the molecule is N#Cc1cccc(NC(=O)c2ccc3c(c2)C(=O)N(c2ccc(F)cc2)C3=O)c1. The Morgan fingerprint density at radius 1 is 0.931 bits per heavy atom. The van der Waals surface area contributed by atoms with Crippen LogP contribution >= 0.6 is 0 Å². The Kier molecular flexibility index (Phi) is 4.37. The number of carbonyl (C=O) groups is 3. The molecule has 3 aromatic carbocycles. The summed E-state index contributed by atoms with van der Waals surface area (Å²) in [6, 6.07) is 17.6. The van der Waals surface area contributed by atoms with Gasteiger partial charge in [-0.3, -0.25) is 14.4 Å². The summed E-state index contributed by atoms with van der Waals surface area (Å²) in [6.45, 7) is 0. The molecule has 29 heavy (non-hydrogen) atoms. The van der Waals surface area contributed by atoms with E-state index in [-0.39, 0.29) is 22.4 Å². The molecule has 1 heterocycles. The van der Waals surface area contributed by atoms with Gasteiger partial charge in [0.2, 0.25) is 0 Å². The topological polar surface area (TPSA) is 90.3 Å². The first-order valence-corrected chi connectivity index (χ1v) is 8.58. The van der Waals surface area contributed by atoms with Gasteiger partial charge in [0.1, 0.15) is 5.82 Å². The Labute approximate surface area is 164 Å². The molecule has 1 N–H and O–H groups in total. The van der Waals surface area contributed by atoms with E-state index in [2.05, 4.69) is 5.32 Å². The number of rotatable bonds is 3. The number of nitrogens with zero attached hydrogens (tertiary/aromatic N) is 2. The third-order valence-electron chi connectivity index (χ3n) is 4.48. The van der Waals surface area contributed by atoms with E-state index in [0.29, 0.717) is 11.3 Å². The number of anilines is 2. The quantitative estimate of drug-likeness (QED) is 0.695. The van der Waals surface area contributed by atoms with Crippen LogP contribution in [0.3, 0.4) is 0 Å². The Morgan fingerprint density at radius 3 is 2.38 bits per heavy atom. The number of nitrogens with one attached hydrogen (secondary N) is 1. The first-order chi connectivity index (χ1) is 14.0. The molecule has 140 valence electrons. The molecular formula is C22H12FN3O3. The maximum atomic E-state index is 13.1. The average molecular weight is 385 g/mol. The summed E-state index contributed by atoms with van der Waals surface area (Å²) in [5.41, 5.74) is 1.53. The zero-order valence-electron chi connectivity index (χ0n) is 14.8. The summed E-state index contributed by atoms with van der Waals surface area (Å²) in [4.78, 5) is 38.9. The van der Waals surface area contributed by atoms with Gasteiger partial charge in [0.25, 0.3) is 17.7 Å². The highest BCUT2D eigenvalue weighted by molar-refractivity contribution is 6.34. The van der Waals surface area contributed by atoms with Crippen LogP contribution < -0.4 is 10.2 Å². The van der Waals surface area contributed by atoms with Crippen molar-refractivity contribution >= 4 is 29.1 Å². The molecule has 0 bridgehead atoms. The number of hydrogen-bond donors (Lipinski definition) is 1. The molecule has 4 rings (SSSR count). The van der Waals surface area contributed by atoms with Gasteiger partial charge in [-0.1, -0.05) is 6.07 Å². The van der Waals surface area contributed by atoms with Gasteiger partial charge in [-0.05, 0) is 60.7 Å². The minimum atomic E-state index is -0.585. The van der Waals surface area contributed by atoms with E-state index in [0.717, 1.165) is 17.0 Å². The lowest BCUT2D eigenvalue weighted by atomic mass is 10.1. The Morgan fingerprint density at radius 2 is 1.66 bits per heavy atom. The summed E-state index contributed by atoms with van der Waals surface area (Å²) in [7, 11) is 0. The highest BCUT2D eigenvalue weighted by atomic mass is 19.1. The van der Waals surface area contributed by atoms with Crippen LogP contribution in [0, 0.1) is 17.1 Å². The van der Waals surface area contributed by atoms with Crippen molar-refractivity contribution in [1.29, 1.82) is 5.26 Å². The van der Waals surface area contributed by atoms with Crippen LogP contribution in [0.5, 0.6) is 0 Å². The molecule has 0 unspecified atom stereocenters. The van der Waals surface area contributed by atoms with E-state index in [9.17, 15) is 18.8 Å². The smallest absolute Gasteiger partial charge is 0.266 e. The predicted octanol–water partition coefficient (Wildman–Crippen LogP) is 3.75. The normalized spacial score (nSPS) is 12.5. The van der Waals surface area contributed by atoms with Crippen molar-refractivity contribution in [1.82, 2.24) is 0 Å². The zero-order chi connectivity index (χ0) is 20.5. The second-order valence-corrected chi connectivity index (χ2v) is 6.33. The molecular weight excluding hydrogens is 373 g/mol. The highest BCUT2D eigenvalue weighted by Crippen LogP contribution is 2.29. The number of nitriles is 1. The fourth-order valence-corrected chi connectivity index (χ4v) is 3.08. The van der Waals surface area contributed by atoms with Crippen LogP contribution in [0.1, 0.15) is 36.6 Å². The Balaban J connectivity index is 1.62. The maximum Gasteiger partial charge on any atom is 0.266 e. The van der Waals surface area contributed by atoms with Crippen LogP contribution in [0.15, 0.2) is 66.7 Å². The maximum absolute atomic E-state index is 13.1. The first kappa shape index (κ1) is 18.1. The number of fused-ring (bicyclic) bond motifs is 1. The van der Waals surface area contributed by atoms with E-state index in [1.807, 2.05) is 6.07 Å². The second-order valence-electron chi connectivity index (χ2n) is 6.33. The minimum Gasteiger partial charge on any atom is -0.322 e. The summed E-state index contributed by atoms with van der Waals surface area (Å²) >= 11 is 0. The number of hydrogen-bond acceptors (Lipinski definition) is 4. The van der Waals surface area contributed by atoms with Crippen molar-refractivity contribution < 1.29 is 18.8 Å². The summed E-state index contributed by atoms with van der Waals surface area (Å²) in [5, 5.41) is 11.6. The molecule has 0 radical (unpaired) electrons. The first-order valence-electron chi connectivity index (χ1n) is 8.58. The van der Waals surface area contributed by atoms with Gasteiger partial charge in [-0.25, -0.2) is 9.29 Å². The van der Waals surface area contributed by atoms with Gasteiger partial charge >= 0.3 is 0 Å². The molecule has 0 aliphatic carbocycles. The summed E-state index contributed by atoms with van der Waals surface area (Å²) in [5.74, 6) is -2.09. The predicted molar refractivity (Wildman–Crippen MR) is 103 cm³/mol. The number of halogens is 1. The molecule has 3 amide bonds. The highest BCUT2D eigenvalue weighted by Gasteiger charge is 2.37. The van der Waals surface area contributed by atoms with Gasteiger partial charge in [-0.2, -0.15) is 5.26 Å². The fourth-order valence-electron chi connectivity index (χ4n) is 3.08. The molecule has 3 aromatic rings. The second kappa shape index (κ2) is 7.02. The molecule has 1 aliphatic rings. The Hall–Kier alpha value is -4.31. The molecule has 0 fully saturated rings. The van der Waals surface area contributed by atoms with Gasteiger partial charge < -0.3 is 5.32 Å². The van der Waals surface area contributed by atoms with E-state index in [4.69, 9.17) is 5.26 Å². The van der Waals surface area contributed by atoms with Crippen molar-refractivity contribution in [2.45, 2.75) is 0 Å². The standard InChI is InChI=1S/C22H12FN3O3/c23-15-5-7-17(8-6-15)26-21(28)18-9-4-14(11-19(18)22(26)29)20(27)25-16-3-1-2-13(10-16)12-24/h1-11H,(H,25,27). The average Bonchev–Trinajstić information content (AvgIpc) is 2.99. The van der Waals surface area contributed by atoms with Crippen LogP contribution in [0.4, 0.5) is 15.8 Å². The number of amides is 3. The van der Waals surface area contributed by atoms with Gasteiger partial charge in [0.15, 0.2) is 0 Å². The third kappa shape index (κ3) is 3.24. The molecule has 1 aliphatic heterocycles. The van der Waals surface area contributed by atoms with Crippen molar-refractivity contribution in [3.63, 3.8) is 0 Å². The number of benzene rings is 3. The van der Waals surface area contributed by atoms with E-state index < -0.39 is 23.5 Å². The molecule has 0 saturated heterocycles. The minimum absolute atomic E-state index is 0.0951. The zero-order valence-corrected chi connectivity index (χ0v) is 14.8. The number of carbonyl (C=O) groups excluding carboxylic acids is 3. The lowest BCUT2D eigenvalue weighted by Gasteiger charge is -2.13. The van der Waals surface area contributed by atoms with Crippen LogP contribution in [0.2, 0.25) is 0 Å². The van der Waals surface area contributed by atoms with Crippen LogP contribution in [-0.2, 0) is 0 Å². The van der Waals surface area contributed by atoms with Gasteiger partial charge in [0, 0.05) is 11.3 Å². The fraction of sp³-hybridized carbons (Fsp3) is 0. The number of imide groups is 1.